The van der Waals surface area contributed by atoms with E-state index in [9.17, 15) is 38.0 Å². The van der Waals surface area contributed by atoms with Crippen LogP contribution >= 0.6 is 0 Å². The van der Waals surface area contributed by atoms with Gasteiger partial charge in [0.25, 0.3) is 22.2 Å². The fourth-order valence-corrected chi connectivity index (χ4v) is 12.6. The molecule has 2 saturated heterocycles. The lowest BCUT2D eigenvalue weighted by atomic mass is 9.81. The first-order valence-electron chi connectivity index (χ1n) is 32.0. The van der Waals surface area contributed by atoms with Gasteiger partial charge in [-0.15, -0.1) is 0 Å². The lowest BCUT2D eigenvalue weighted by Crippen LogP contribution is -2.53. The molecule has 1 saturated carbocycles. The van der Waals surface area contributed by atoms with E-state index >= 15 is 8.78 Å². The third kappa shape index (κ3) is 16.7. The van der Waals surface area contributed by atoms with Gasteiger partial charge in [0, 0.05) is 99.6 Å². The van der Waals surface area contributed by atoms with E-state index in [4.69, 9.17) is 4.74 Å². The number of ketones is 1. The fourth-order valence-electron chi connectivity index (χ4n) is 12.6. The monoisotopic (exact) mass is 1280 g/mol. The van der Waals surface area contributed by atoms with Crippen molar-refractivity contribution in [2.24, 2.45) is 0 Å². The number of rotatable bonds is 18. The summed E-state index contributed by atoms with van der Waals surface area (Å²) >= 11 is 0. The number of ether oxygens (including phenoxy) is 1. The van der Waals surface area contributed by atoms with Gasteiger partial charge in [0.05, 0.1) is 24.0 Å². The number of amides is 3. The van der Waals surface area contributed by atoms with E-state index in [1.807, 2.05) is 57.9 Å². The number of hydrogen-bond acceptors (Lipinski definition) is 12. The Balaban J connectivity index is 0.677. The summed E-state index contributed by atoms with van der Waals surface area (Å²) in [6.45, 7) is 21.7. The molecule has 1 aliphatic carbocycles. The van der Waals surface area contributed by atoms with Crippen molar-refractivity contribution < 1.29 is 32.3 Å². The van der Waals surface area contributed by atoms with Crippen molar-refractivity contribution in [3.8, 4) is 0 Å². The maximum absolute atomic E-state index is 15.9. The highest BCUT2D eigenvalue weighted by atomic mass is 19.1. The van der Waals surface area contributed by atoms with Gasteiger partial charge in [0.1, 0.15) is 44.4 Å². The zero-order valence-corrected chi connectivity index (χ0v) is 53.8. The number of aromatic amines is 4. The maximum atomic E-state index is 15.9. The van der Waals surface area contributed by atoms with Gasteiger partial charge in [0.2, 0.25) is 0 Å². The SMILES string of the molecule is CC(C)c1c(/C=c2\[nH]c(=O)/c(=C/c3cccc(C(=O)c4ccc(F)cc4)c3)[nH]c2=O)ncn1CCCN1CCN(C(=O)NC2CCC(c3cc(F)c(/C=c4\[nH]c(=O)/c(=C/c5ncn(CCCN6CCN(C(=O)OC(C)(C)C)CC6)c5C(C)C)[nH]c4=O)cc3F)CC2)CC1. The second-order valence-corrected chi connectivity index (χ2v) is 26.0. The molecule has 0 spiro atoms. The van der Waals surface area contributed by atoms with Crippen LogP contribution in [-0.4, -0.2) is 154 Å². The van der Waals surface area contributed by atoms with Gasteiger partial charge in [-0.05, 0) is 168 Å². The normalized spacial score (nSPS) is 17.7. The molecule has 93 heavy (non-hydrogen) atoms. The number of nitrogens with zero attached hydrogens (tertiary/aromatic N) is 8. The molecule has 7 aromatic rings. The van der Waals surface area contributed by atoms with E-state index < -0.39 is 45.3 Å². The highest BCUT2D eigenvalue weighted by molar-refractivity contribution is 6.09. The first kappa shape index (κ1) is 66.8. The van der Waals surface area contributed by atoms with Crippen molar-refractivity contribution in [2.75, 3.05) is 65.4 Å². The van der Waals surface area contributed by atoms with Gasteiger partial charge < -0.3 is 48.9 Å². The number of benzene rings is 3. The van der Waals surface area contributed by atoms with E-state index in [-0.39, 0.29) is 74.2 Å². The molecule has 24 heteroatoms. The van der Waals surface area contributed by atoms with Gasteiger partial charge in [-0.2, -0.15) is 0 Å². The predicted molar refractivity (Wildman–Crippen MR) is 348 cm³/mol. The second kappa shape index (κ2) is 29.2. The van der Waals surface area contributed by atoms with Crippen molar-refractivity contribution >= 4 is 42.2 Å². The molecule has 3 fully saturated rings. The van der Waals surface area contributed by atoms with Crippen LogP contribution in [0.3, 0.4) is 0 Å². The first-order valence-corrected chi connectivity index (χ1v) is 32.0. The number of piperazine rings is 2. The van der Waals surface area contributed by atoms with Gasteiger partial charge in [0.15, 0.2) is 5.78 Å². The lowest BCUT2D eigenvalue weighted by molar-refractivity contribution is 0.0143. The Hall–Kier alpha value is -9.16. The Bertz CT molecular complexity index is 4380. The van der Waals surface area contributed by atoms with Gasteiger partial charge in [-0.3, -0.25) is 33.8 Å². The molecular formula is C69H82F3N13O8. The first-order chi connectivity index (χ1) is 44.4. The van der Waals surface area contributed by atoms with Gasteiger partial charge >= 0.3 is 12.1 Å². The summed E-state index contributed by atoms with van der Waals surface area (Å²) in [5, 5.41) is 2.94. The molecule has 3 aliphatic rings. The third-order valence-corrected chi connectivity index (χ3v) is 17.4. The smallest absolute Gasteiger partial charge is 0.410 e. The molecule has 0 radical (unpaired) electrons. The molecule has 10 rings (SSSR count). The van der Waals surface area contributed by atoms with Gasteiger partial charge in [-0.1, -0.05) is 45.9 Å². The summed E-state index contributed by atoms with van der Waals surface area (Å²) in [5.41, 5.74) is 1.11. The molecule has 2 aliphatic heterocycles. The average molecular weight is 1280 g/mol. The Morgan fingerprint density at radius 3 is 1.59 bits per heavy atom. The van der Waals surface area contributed by atoms with Crippen LogP contribution in [-0.2, 0) is 17.8 Å². The molecule has 6 heterocycles. The number of hydrogen-bond donors (Lipinski definition) is 5. The number of aryl methyl sites for hydroxylation is 2. The summed E-state index contributed by atoms with van der Waals surface area (Å²) in [6, 6.07) is 13.7. The van der Waals surface area contributed by atoms with E-state index in [1.54, 1.807) is 47.9 Å². The summed E-state index contributed by atoms with van der Waals surface area (Å²) in [4.78, 5) is 120. The summed E-state index contributed by atoms with van der Waals surface area (Å²) in [7, 11) is 0. The molecular weight excluding hydrogens is 1200 g/mol. The molecule has 0 bridgehead atoms. The van der Waals surface area contributed by atoms with Crippen LogP contribution in [0.4, 0.5) is 22.8 Å². The van der Waals surface area contributed by atoms with Crippen molar-refractivity contribution in [3.63, 3.8) is 0 Å². The Labute approximate surface area is 535 Å². The Morgan fingerprint density at radius 2 is 1.09 bits per heavy atom. The fraction of sp³-hybridized carbons (Fsp3) is 0.435. The number of urea groups is 1. The van der Waals surface area contributed by atoms with E-state index in [0.29, 0.717) is 106 Å². The minimum Gasteiger partial charge on any atom is -0.444 e. The molecule has 3 aromatic carbocycles. The number of carbonyl (C=O) groups is 3. The second-order valence-electron chi connectivity index (χ2n) is 26.0. The minimum absolute atomic E-state index is 0.00226. The quantitative estimate of drug-likeness (QED) is 0.0675. The van der Waals surface area contributed by atoms with E-state index in [1.165, 1.54) is 36.4 Å². The number of aromatic nitrogens is 8. The predicted octanol–water partition coefficient (Wildman–Crippen LogP) is 5.43. The molecule has 0 atom stereocenters. The van der Waals surface area contributed by atoms with E-state index in [0.717, 1.165) is 68.6 Å². The molecule has 21 nitrogen and oxygen atoms in total. The largest absolute Gasteiger partial charge is 0.444 e. The summed E-state index contributed by atoms with van der Waals surface area (Å²) in [6.07, 6.45) is 12.7. The number of halogens is 3. The topological polar surface area (TPSA) is 253 Å². The van der Waals surface area contributed by atoms with Crippen molar-refractivity contribution in [3.05, 3.63) is 204 Å². The van der Waals surface area contributed by atoms with Crippen LogP contribution in [0.15, 0.2) is 92.5 Å². The molecule has 0 unspecified atom stereocenters. The van der Waals surface area contributed by atoms with Crippen LogP contribution < -0.4 is 49.0 Å². The van der Waals surface area contributed by atoms with Crippen molar-refractivity contribution in [2.45, 2.75) is 129 Å². The summed E-state index contributed by atoms with van der Waals surface area (Å²) in [5.74, 6) is -2.36. The van der Waals surface area contributed by atoms with Crippen molar-refractivity contribution in [1.29, 1.82) is 0 Å². The zero-order valence-electron chi connectivity index (χ0n) is 53.8. The van der Waals surface area contributed by atoms with Crippen LogP contribution in [0.5, 0.6) is 0 Å². The van der Waals surface area contributed by atoms with Crippen LogP contribution in [0, 0.1) is 17.5 Å². The number of imidazole rings is 2. The number of H-pyrrole nitrogens is 4. The maximum Gasteiger partial charge on any atom is 0.410 e. The molecule has 4 aromatic heterocycles. The van der Waals surface area contributed by atoms with Crippen molar-refractivity contribution in [1.82, 2.24) is 64.0 Å². The third-order valence-electron chi connectivity index (χ3n) is 17.4. The minimum atomic E-state index is -0.742. The number of nitrogens with one attached hydrogen (secondary N) is 5. The zero-order chi connectivity index (χ0) is 66.3. The average Bonchev–Trinajstić information content (AvgIpc) is 1.87. The van der Waals surface area contributed by atoms with Gasteiger partial charge in [-0.25, -0.2) is 32.7 Å². The highest BCUT2D eigenvalue weighted by Gasteiger charge is 2.30. The lowest BCUT2D eigenvalue weighted by Gasteiger charge is -2.36. The van der Waals surface area contributed by atoms with Crippen LogP contribution in [0.2, 0.25) is 0 Å². The number of carbonyl (C=O) groups excluding carboxylic acids is 3. The molecule has 3 amide bonds. The van der Waals surface area contributed by atoms with Crippen LogP contribution in [0.25, 0.3) is 24.3 Å². The molecule has 5 N–H and O–H groups in total. The van der Waals surface area contributed by atoms with E-state index in [2.05, 4.69) is 49.6 Å². The van der Waals surface area contributed by atoms with Crippen LogP contribution in [0.1, 0.15) is 160 Å². The Morgan fingerprint density at radius 1 is 0.591 bits per heavy atom. The Kier molecular flexibility index (Phi) is 21.0. The highest BCUT2D eigenvalue weighted by Crippen LogP contribution is 2.36. The molecule has 492 valence electrons. The summed E-state index contributed by atoms with van der Waals surface area (Å²) < 4.78 is 54.8. The standard InChI is InChI=1S/C69H82F3N13O8/c1-42(2)60-54(38-58-65(89)76-56(63(87)78-58)34-44-11-8-12-47(33-44)62(86)46-13-17-49(70)18-14-46)73-40-84(60)23-9-21-80-25-29-82(30-26-80)67(91)75-50-19-15-45(16-20-50)51-37-52(71)48(35-53(51)72)36-57-64(88)79-59(66(90)77-57)39-55-61(43(3)4)85(41-74-55)24-10-22-81-27-31-83(32-28-81)68(92)93-69(5,6)7/h8,11-14,17-18,33-43,45,50H,9-10,15-16,19-32H2,1-7H3,(H,75,91)(H,76,89)(H,77,90)(H,78,87)(H,79,88)/b56-34-,57-36-,58-38-,59-39-.